The molecule has 2 unspecified atom stereocenters. The fraction of sp³-hybridized carbons (Fsp3) is 0.462. The molecule has 0 spiro atoms. The predicted molar refractivity (Wildman–Crippen MR) is 60.3 cm³/mol. The van der Waals surface area contributed by atoms with Gasteiger partial charge < -0.3 is 14.6 Å². The van der Waals surface area contributed by atoms with Gasteiger partial charge in [-0.2, -0.15) is 0 Å². The van der Waals surface area contributed by atoms with E-state index in [9.17, 15) is 9.90 Å². The molecule has 0 saturated heterocycles. The summed E-state index contributed by atoms with van der Waals surface area (Å²) in [6.45, 7) is 2.25. The average Bonchev–Trinajstić information content (AvgIpc) is 2.91. The third-order valence-electron chi connectivity index (χ3n) is 3.87. The maximum Gasteiger partial charge on any atom is 0.314 e. The lowest BCUT2D eigenvalue weighted by Crippen LogP contribution is -2.22. The number of fused-ring (bicyclic) bond motifs is 1. The molecular weight excluding hydrogens is 220 g/mol. The van der Waals surface area contributed by atoms with Gasteiger partial charge in [0.25, 0.3) is 0 Å². The highest BCUT2D eigenvalue weighted by Crippen LogP contribution is 2.57. The van der Waals surface area contributed by atoms with Gasteiger partial charge in [-0.3, -0.25) is 4.79 Å². The van der Waals surface area contributed by atoms with Crippen LogP contribution in [-0.2, 0) is 10.2 Å². The van der Waals surface area contributed by atoms with Crippen molar-refractivity contribution in [2.45, 2.75) is 25.2 Å². The van der Waals surface area contributed by atoms with Crippen LogP contribution in [0.2, 0.25) is 0 Å². The molecule has 0 radical (unpaired) electrons. The van der Waals surface area contributed by atoms with E-state index in [4.69, 9.17) is 9.47 Å². The molecule has 2 atom stereocenters. The van der Waals surface area contributed by atoms with Crippen LogP contribution in [0.4, 0.5) is 0 Å². The van der Waals surface area contributed by atoms with E-state index in [-0.39, 0.29) is 12.7 Å². The second-order valence-electron chi connectivity index (χ2n) is 4.65. The second-order valence-corrected chi connectivity index (χ2v) is 4.65. The van der Waals surface area contributed by atoms with Crippen molar-refractivity contribution in [1.29, 1.82) is 0 Å². The highest BCUT2D eigenvalue weighted by atomic mass is 16.7. The number of aliphatic carboxylic acids is 1. The van der Waals surface area contributed by atoms with E-state index in [1.165, 1.54) is 0 Å². The number of carboxylic acid groups (broad SMARTS) is 1. The summed E-state index contributed by atoms with van der Waals surface area (Å²) in [6.07, 6.45) is 1.61. The summed E-state index contributed by atoms with van der Waals surface area (Å²) >= 11 is 0. The minimum atomic E-state index is -0.733. The lowest BCUT2D eigenvalue weighted by Gasteiger charge is -2.13. The molecule has 1 saturated carbocycles. The van der Waals surface area contributed by atoms with Crippen LogP contribution in [0.5, 0.6) is 11.5 Å². The van der Waals surface area contributed by atoms with Crippen LogP contribution < -0.4 is 9.47 Å². The van der Waals surface area contributed by atoms with Crippen molar-refractivity contribution < 1.29 is 19.4 Å². The molecule has 1 aromatic rings. The SMILES string of the molecule is CCC1CC1(C(=O)O)c1ccc2c(c1)OCO2. The van der Waals surface area contributed by atoms with Gasteiger partial charge in [0.15, 0.2) is 11.5 Å². The number of carbonyl (C=O) groups is 1. The van der Waals surface area contributed by atoms with Crippen molar-refractivity contribution in [2.24, 2.45) is 5.92 Å². The molecule has 17 heavy (non-hydrogen) atoms. The van der Waals surface area contributed by atoms with Crippen LogP contribution in [0.25, 0.3) is 0 Å². The molecular formula is C13H14O4. The third kappa shape index (κ3) is 1.33. The molecule has 3 rings (SSSR count). The Labute approximate surface area is 99.2 Å². The Morgan fingerprint density at radius 2 is 2.24 bits per heavy atom. The molecule has 0 amide bonds. The minimum absolute atomic E-state index is 0.218. The maximum atomic E-state index is 11.5. The highest BCUT2D eigenvalue weighted by molar-refractivity contribution is 5.86. The zero-order valence-corrected chi connectivity index (χ0v) is 9.60. The fourth-order valence-corrected chi connectivity index (χ4v) is 2.74. The largest absolute Gasteiger partial charge is 0.481 e. The first-order valence-electron chi connectivity index (χ1n) is 5.82. The Kier molecular flexibility index (Phi) is 2.08. The highest BCUT2D eigenvalue weighted by Gasteiger charge is 2.60. The first-order valence-corrected chi connectivity index (χ1v) is 5.82. The van der Waals surface area contributed by atoms with Gasteiger partial charge in [-0.15, -0.1) is 0 Å². The zero-order chi connectivity index (χ0) is 12.0. The second kappa shape index (κ2) is 3.39. The summed E-state index contributed by atoms with van der Waals surface area (Å²) in [6, 6.07) is 5.46. The van der Waals surface area contributed by atoms with Gasteiger partial charge in [0, 0.05) is 0 Å². The number of ether oxygens (including phenoxy) is 2. The standard InChI is InChI=1S/C13H14O4/c1-2-8-6-13(8,12(14)15)9-3-4-10-11(5-9)17-7-16-10/h3-5,8H,2,6-7H2,1H3,(H,14,15). The quantitative estimate of drug-likeness (QED) is 0.870. The van der Waals surface area contributed by atoms with Gasteiger partial charge in [-0.25, -0.2) is 0 Å². The molecule has 4 heteroatoms. The van der Waals surface area contributed by atoms with E-state index in [1.54, 1.807) is 6.07 Å². The third-order valence-corrected chi connectivity index (χ3v) is 3.87. The minimum Gasteiger partial charge on any atom is -0.481 e. The molecule has 4 nitrogen and oxygen atoms in total. The van der Waals surface area contributed by atoms with E-state index in [0.29, 0.717) is 11.5 Å². The smallest absolute Gasteiger partial charge is 0.314 e. The lowest BCUT2D eigenvalue weighted by atomic mass is 9.92. The predicted octanol–water partition coefficient (Wildman–Crippen LogP) is 2.17. The summed E-state index contributed by atoms with van der Waals surface area (Å²) in [7, 11) is 0. The Bertz CT molecular complexity index is 482. The first kappa shape index (κ1) is 10.4. The first-order chi connectivity index (χ1) is 8.18. The molecule has 1 fully saturated rings. The Balaban J connectivity index is 2.01. The molecule has 0 aromatic heterocycles. The van der Waals surface area contributed by atoms with E-state index in [1.807, 2.05) is 19.1 Å². The molecule has 2 aliphatic rings. The summed E-state index contributed by atoms with van der Waals surface area (Å²) in [5.74, 6) is 0.858. The number of hydrogen-bond donors (Lipinski definition) is 1. The number of carboxylic acids is 1. The van der Waals surface area contributed by atoms with Crippen LogP contribution in [0.1, 0.15) is 25.3 Å². The number of hydrogen-bond acceptors (Lipinski definition) is 3. The van der Waals surface area contributed by atoms with E-state index >= 15 is 0 Å². The fourth-order valence-electron chi connectivity index (χ4n) is 2.74. The summed E-state index contributed by atoms with van der Waals surface area (Å²) < 4.78 is 10.5. The molecule has 1 aliphatic heterocycles. The topological polar surface area (TPSA) is 55.8 Å². The normalized spacial score (nSPS) is 29.1. The maximum absolute atomic E-state index is 11.5. The Morgan fingerprint density at radius 3 is 2.88 bits per heavy atom. The molecule has 1 aliphatic carbocycles. The monoisotopic (exact) mass is 234 g/mol. The zero-order valence-electron chi connectivity index (χ0n) is 9.60. The van der Waals surface area contributed by atoms with Gasteiger partial charge in [-0.1, -0.05) is 19.4 Å². The van der Waals surface area contributed by atoms with Crippen molar-refractivity contribution >= 4 is 5.97 Å². The van der Waals surface area contributed by atoms with E-state index in [0.717, 1.165) is 18.4 Å². The Hall–Kier alpha value is -1.71. The van der Waals surface area contributed by atoms with Gasteiger partial charge in [0.1, 0.15) is 0 Å². The van der Waals surface area contributed by atoms with Gasteiger partial charge in [0.2, 0.25) is 6.79 Å². The van der Waals surface area contributed by atoms with Crippen LogP contribution in [0, 0.1) is 5.92 Å². The summed E-state index contributed by atoms with van der Waals surface area (Å²) in [5.41, 5.74) is 0.136. The van der Waals surface area contributed by atoms with Gasteiger partial charge >= 0.3 is 5.97 Å². The van der Waals surface area contributed by atoms with Crippen molar-refractivity contribution in [3.8, 4) is 11.5 Å². The number of rotatable bonds is 3. The lowest BCUT2D eigenvalue weighted by molar-refractivity contribution is -0.140. The van der Waals surface area contributed by atoms with Crippen molar-refractivity contribution in [3.05, 3.63) is 23.8 Å². The van der Waals surface area contributed by atoms with Crippen molar-refractivity contribution in [3.63, 3.8) is 0 Å². The molecule has 1 N–H and O–H groups in total. The molecule has 1 aromatic carbocycles. The number of benzene rings is 1. The van der Waals surface area contributed by atoms with Crippen molar-refractivity contribution in [2.75, 3.05) is 6.79 Å². The van der Waals surface area contributed by atoms with Gasteiger partial charge in [-0.05, 0) is 30.0 Å². The van der Waals surface area contributed by atoms with Crippen LogP contribution in [-0.4, -0.2) is 17.9 Å². The van der Waals surface area contributed by atoms with Crippen LogP contribution >= 0.6 is 0 Å². The molecule has 90 valence electrons. The average molecular weight is 234 g/mol. The summed E-state index contributed by atoms with van der Waals surface area (Å²) in [5, 5.41) is 9.44. The van der Waals surface area contributed by atoms with E-state index < -0.39 is 11.4 Å². The van der Waals surface area contributed by atoms with Crippen LogP contribution in [0.15, 0.2) is 18.2 Å². The molecule has 0 bridgehead atoms. The molecule has 1 heterocycles. The Morgan fingerprint density at radius 1 is 1.47 bits per heavy atom. The van der Waals surface area contributed by atoms with Crippen LogP contribution in [0.3, 0.4) is 0 Å². The van der Waals surface area contributed by atoms with Gasteiger partial charge in [0.05, 0.1) is 5.41 Å². The van der Waals surface area contributed by atoms with Crippen molar-refractivity contribution in [1.82, 2.24) is 0 Å². The van der Waals surface area contributed by atoms with E-state index in [2.05, 4.69) is 0 Å². The summed E-state index contributed by atoms with van der Waals surface area (Å²) in [4.78, 5) is 11.5.